The molecule has 0 atom stereocenters. The molecule has 0 aliphatic carbocycles. The topological polar surface area (TPSA) is 74.3 Å². The van der Waals surface area contributed by atoms with Crippen molar-refractivity contribution in [3.8, 4) is 22.8 Å². The molecule has 26 heavy (non-hydrogen) atoms. The van der Waals surface area contributed by atoms with E-state index in [1.54, 1.807) is 36.2 Å². The highest BCUT2D eigenvalue weighted by atomic mass is 16.5. The summed E-state index contributed by atoms with van der Waals surface area (Å²) < 4.78 is 8.24. The van der Waals surface area contributed by atoms with E-state index in [1.807, 2.05) is 38.1 Å². The number of rotatable bonds is 3. The number of fused-ring (bicyclic) bond motifs is 1. The molecule has 130 valence electrons. The van der Waals surface area contributed by atoms with E-state index < -0.39 is 0 Å². The maximum atomic E-state index is 13.0. The van der Waals surface area contributed by atoms with E-state index >= 15 is 0 Å². The Balaban J connectivity index is 1.97. The lowest BCUT2D eigenvalue weighted by Crippen LogP contribution is -2.29. The fourth-order valence-electron chi connectivity index (χ4n) is 3.18. The molecule has 4 rings (SSSR count). The van der Waals surface area contributed by atoms with Gasteiger partial charge in [0.05, 0.1) is 18.8 Å². The Labute approximate surface area is 149 Å². The minimum atomic E-state index is -0.307. The second-order valence-electron chi connectivity index (χ2n) is 5.92. The molecule has 3 aromatic heterocycles. The molecule has 0 N–H and O–H groups in total. The van der Waals surface area contributed by atoms with Crippen molar-refractivity contribution in [1.29, 1.82) is 0 Å². The van der Waals surface area contributed by atoms with Crippen LogP contribution in [0.2, 0.25) is 0 Å². The zero-order valence-electron chi connectivity index (χ0n) is 14.7. The number of hydrogen-bond acceptors (Lipinski definition) is 5. The van der Waals surface area contributed by atoms with Crippen LogP contribution in [0.5, 0.6) is 5.75 Å². The maximum absolute atomic E-state index is 13.0. The largest absolute Gasteiger partial charge is 0.496 e. The van der Waals surface area contributed by atoms with Gasteiger partial charge in [-0.1, -0.05) is 12.1 Å². The third-order valence-electron chi connectivity index (χ3n) is 4.49. The number of ether oxygens (including phenoxy) is 1. The number of aromatic nitrogens is 5. The minimum absolute atomic E-state index is 0.242. The summed E-state index contributed by atoms with van der Waals surface area (Å²) in [6, 6.07) is 9.54. The van der Waals surface area contributed by atoms with Gasteiger partial charge in [-0.15, -0.1) is 4.68 Å². The Kier molecular flexibility index (Phi) is 3.76. The maximum Gasteiger partial charge on any atom is 0.356 e. The van der Waals surface area contributed by atoms with Crippen LogP contribution in [-0.2, 0) is 0 Å². The summed E-state index contributed by atoms with van der Waals surface area (Å²) in [5.74, 6) is 1.05. The van der Waals surface area contributed by atoms with Crippen molar-refractivity contribution in [2.45, 2.75) is 13.8 Å². The van der Waals surface area contributed by atoms with Crippen molar-refractivity contribution >= 4 is 5.52 Å². The van der Waals surface area contributed by atoms with Crippen molar-refractivity contribution in [2.75, 3.05) is 7.11 Å². The number of hydrogen-bond donors (Lipinski definition) is 0. The Morgan fingerprint density at radius 2 is 1.81 bits per heavy atom. The van der Waals surface area contributed by atoms with Crippen LogP contribution in [0.4, 0.5) is 0 Å². The molecule has 0 saturated heterocycles. The molecule has 7 heteroatoms. The Morgan fingerprint density at radius 3 is 2.54 bits per heavy atom. The molecule has 0 saturated carbocycles. The molecular weight excluding hydrogens is 330 g/mol. The van der Waals surface area contributed by atoms with Crippen molar-refractivity contribution in [1.82, 2.24) is 24.1 Å². The first-order valence-electron chi connectivity index (χ1n) is 8.13. The van der Waals surface area contributed by atoms with E-state index in [9.17, 15) is 4.79 Å². The second kappa shape index (κ2) is 6.11. The predicted molar refractivity (Wildman–Crippen MR) is 97.8 cm³/mol. The highest BCUT2D eigenvalue weighted by Crippen LogP contribution is 2.33. The lowest BCUT2D eigenvalue weighted by atomic mass is 10.0. The van der Waals surface area contributed by atoms with E-state index in [1.165, 1.54) is 4.68 Å². The standard InChI is InChI=1S/C19H17N5O2/c1-12-15(6-4-7-17(12)26-3)16-10-14-11-22-24(18-20-8-5-9-21-18)19(25)23(14)13(16)2/h4-11H,1-3H3. The summed E-state index contributed by atoms with van der Waals surface area (Å²) in [6.45, 7) is 3.92. The molecule has 4 aromatic rings. The molecule has 0 amide bonds. The van der Waals surface area contributed by atoms with E-state index in [4.69, 9.17) is 4.74 Å². The predicted octanol–water partition coefficient (Wildman–Crippen LogP) is 2.57. The fourth-order valence-corrected chi connectivity index (χ4v) is 3.18. The van der Waals surface area contributed by atoms with Crippen LogP contribution in [-0.4, -0.2) is 31.3 Å². The van der Waals surface area contributed by atoms with E-state index in [0.717, 1.165) is 33.7 Å². The second-order valence-corrected chi connectivity index (χ2v) is 5.92. The van der Waals surface area contributed by atoms with Gasteiger partial charge < -0.3 is 4.74 Å². The van der Waals surface area contributed by atoms with Gasteiger partial charge in [0.1, 0.15) is 5.75 Å². The Morgan fingerprint density at radius 1 is 1.04 bits per heavy atom. The van der Waals surface area contributed by atoms with Crippen molar-refractivity contribution in [3.63, 3.8) is 0 Å². The fraction of sp³-hybridized carbons (Fsp3) is 0.158. The summed E-state index contributed by atoms with van der Waals surface area (Å²) >= 11 is 0. The molecule has 0 aliphatic heterocycles. The van der Waals surface area contributed by atoms with E-state index in [-0.39, 0.29) is 11.6 Å². The van der Waals surface area contributed by atoms with Crippen LogP contribution in [0, 0.1) is 13.8 Å². The Bertz CT molecular complexity index is 1160. The zero-order valence-corrected chi connectivity index (χ0v) is 14.7. The molecule has 1 aromatic carbocycles. The van der Waals surface area contributed by atoms with Crippen LogP contribution < -0.4 is 10.4 Å². The highest BCUT2D eigenvalue weighted by molar-refractivity contribution is 5.77. The van der Waals surface area contributed by atoms with Crippen LogP contribution in [0.1, 0.15) is 11.3 Å². The van der Waals surface area contributed by atoms with Crippen LogP contribution in [0.15, 0.2) is 53.7 Å². The smallest absolute Gasteiger partial charge is 0.356 e. The van der Waals surface area contributed by atoms with Gasteiger partial charge in [-0.25, -0.2) is 14.8 Å². The lowest BCUT2D eigenvalue weighted by Gasteiger charge is -2.10. The van der Waals surface area contributed by atoms with Gasteiger partial charge in [0, 0.05) is 23.7 Å². The lowest BCUT2D eigenvalue weighted by molar-refractivity contribution is 0.412. The number of benzene rings is 1. The van der Waals surface area contributed by atoms with E-state index in [0.29, 0.717) is 0 Å². The third kappa shape index (κ3) is 2.36. The van der Waals surface area contributed by atoms with Gasteiger partial charge in [0.25, 0.3) is 5.95 Å². The number of aryl methyl sites for hydroxylation is 1. The van der Waals surface area contributed by atoms with Crippen LogP contribution in [0.3, 0.4) is 0 Å². The van der Waals surface area contributed by atoms with Crippen LogP contribution >= 0.6 is 0 Å². The molecule has 0 unspecified atom stereocenters. The highest BCUT2D eigenvalue weighted by Gasteiger charge is 2.16. The van der Waals surface area contributed by atoms with Crippen LogP contribution in [0.25, 0.3) is 22.6 Å². The number of methoxy groups -OCH3 is 1. The quantitative estimate of drug-likeness (QED) is 0.569. The average Bonchev–Trinajstić information content (AvgIpc) is 3.00. The summed E-state index contributed by atoms with van der Waals surface area (Å²) in [6.07, 6.45) is 4.80. The van der Waals surface area contributed by atoms with Gasteiger partial charge in [0.2, 0.25) is 0 Å². The molecular formula is C19H17N5O2. The van der Waals surface area contributed by atoms with Gasteiger partial charge >= 0.3 is 5.69 Å². The van der Waals surface area contributed by atoms with Crippen molar-refractivity contribution < 1.29 is 4.74 Å². The zero-order chi connectivity index (χ0) is 18.3. The molecule has 0 bridgehead atoms. The first-order chi connectivity index (χ1) is 12.6. The normalized spacial score (nSPS) is 11.0. The monoisotopic (exact) mass is 347 g/mol. The minimum Gasteiger partial charge on any atom is -0.496 e. The average molecular weight is 347 g/mol. The summed E-state index contributed by atoms with van der Waals surface area (Å²) in [5, 5.41) is 4.21. The Hall–Kier alpha value is -3.48. The SMILES string of the molecule is COc1cccc(-c2cc3cnn(-c4ncccn4)c(=O)n3c2C)c1C. The van der Waals surface area contributed by atoms with Gasteiger partial charge in [-0.05, 0) is 43.2 Å². The summed E-state index contributed by atoms with van der Waals surface area (Å²) in [4.78, 5) is 21.2. The molecule has 3 heterocycles. The van der Waals surface area contributed by atoms with Gasteiger partial charge in [-0.3, -0.25) is 4.40 Å². The first-order valence-corrected chi connectivity index (χ1v) is 8.13. The van der Waals surface area contributed by atoms with Gasteiger partial charge in [0.15, 0.2) is 0 Å². The summed E-state index contributed by atoms with van der Waals surface area (Å²) in [7, 11) is 1.65. The van der Waals surface area contributed by atoms with Crippen molar-refractivity contribution in [3.05, 3.63) is 70.7 Å². The third-order valence-corrected chi connectivity index (χ3v) is 4.49. The summed E-state index contributed by atoms with van der Waals surface area (Å²) in [5.41, 5.74) is 4.25. The van der Waals surface area contributed by atoms with Crippen molar-refractivity contribution in [2.24, 2.45) is 0 Å². The molecule has 0 aliphatic rings. The molecule has 0 spiro atoms. The van der Waals surface area contributed by atoms with E-state index in [2.05, 4.69) is 15.1 Å². The first kappa shape index (κ1) is 16.0. The molecule has 7 nitrogen and oxygen atoms in total. The van der Waals surface area contributed by atoms with Gasteiger partial charge in [-0.2, -0.15) is 5.10 Å². The number of nitrogens with zero attached hydrogens (tertiary/aromatic N) is 5. The molecule has 0 radical (unpaired) electrons. The molecule has 0 fully saturated rings.